The van der Waals surface area contributed by atoms with Crippen LogP contribution in [0.4, 0.5) is 8.78 Å². The van der Waals surface area contributed by atoms with E-state index in [0.717, 1.165) is 12.1 Å². The van der Waals surface area contributed by atoms with Crippen LogP contribution in [0.25, 0.3) is 32.9 Å². The largest absolute Gasteiger partial charge is 0.464 e. The van der Waals surface area contributed by atoms with E-state index in [9.17, 15) is 13.6 Å². The van der Waals surface area contributed by atoms with Crippen molar-refractivity contribution in [1.29, 1.82) is 0 Å². The normalized spacial score (nSPS) is 11.2. The number of halogens is 2. The van der Waals surface area contributed by atoms with Gasteiger partial charge in [-0.2, -0.15) is 0 Å². The van der Waals surface area contributed by atoms with Crippen molar-refractivity contribution in [1.82, 2.24) is 9.97 Å². The molecule has 0 spiro atoms. The zero-order valence-corrected chi connectivity index (χ0v) is 12.3. The molecule has 0 amide bonds. The van der Waals surface area contributed by atoms with Crippen molar-refractivity contribution in [3.63, 3.8) is 0 Å². The smallest absolute Gasteiger partial charge is 0.260 e. The number of hydrogen-bond acceptors (Lipinski definition) is 4. The first kappa shape index (κ1) is 13.8. The topological polar surface area (TPSA) is 58.9 Å². The second-order valence-electron chi connectivity index (χ2n) is 4.82. The summed E-state index contributed by atoms with van der Waals surface area (Å²) in [5.74, 6) is -1.16. The third-order valence-corrected chi connectivity index (χ3v) is 4.30. The molecule has 1 N–H and O–H groups in total. The van der Waals surface area contributed by atoms with Crippen LogP contribution in [0.2, 0.25) is 0 Å². The monoisotopic (exact) mass is 330 g/mol. The van der Waals surface area contributed by atoms with Crippen LogP contribution in [0.3, 0.4) is 0 Å². The summed E-state index contributed by atoms with van der Waals surface area (Å²) in [7, 11) is 0. The number of hydrogen-bond donors (Lipinski definition) is 1. The van der Waals surface area contributed by atoms with Crippen LogP contribution in [-0.4, -0.2) is 9.97 Å². The SMILES string of the molecule is O=c1[nH]c(-c2c(F)cccc2F)nc2scc(-c3ccco3)c12. The summed E-state index contributed by atoms with van der Waals surface area (Å²) in [4.78, 5) is 19.4. The number of furan rings is 1. The highest BCUT2D eigenvalue weighted by atomic mass is 32.1. The lowest BCUT2D eigenvalue weighted by atomic mass is 10.1. The van der Waals surface area contributed by atoms with Crippen molar-refractivity contribution < 1.29 is 13.2 Å². The van der Waals surface area contributed by atoms with Gasteiger partial charge in [0.25, 0.3) is 5.56 Å². The van der Waals surface area contributed by atoms with E-state index < -0.39 is 17.2 Å². The highest BCUT2D eigenvalue weighted by Gasteiger charge is 2.18. The van der Waals surface area contributed by atoms with E-state index in [1.807, 2.05) is 0 Å². The minimum atomic E-state index is -0.782. The number of nitrogens with one attached hydrogen (secondary N) is 1. The molecule has 0 aliphatic rings. The summed E-state index contributed by atoms with van der Waals surface area (Å²) in [6, 6.07) is 6.93. The fourth-order valence-electron chi connectivity index (χ4n) is 2.40. The first-order valence-electron chi connectivity index (χ1n) is 6.65. The van der Waals surface area contributed by atoms with Crippen LogP contribution in [0, 0.1) is 11.6 Å². The van der Waals surface area contributed by atoms with Crippen LogP contribution >= 0.6 is 11.3 Å². The second kappa shape index (κ2) is 5.13. The van der Waals surface area contributed by atoms with Gasteiger partial charge >= 0.3 is 0 Å². The molecule has 23 heavy (non-hydrogen) atoms. The van der Waals surface area contributed by atoms with Gasteiger partial charge in [0, 0.05) is 10.9 Å². The summed E-state index contributed by atoms with van der Waals surface area (Å²) in [6.45, 7) is 0. The van der Waals surface area contributed by atoms with Gasteiger partial charge in [-0.1, -0.05) is 6.07 Å². The first-order valence-corrected chi connectivity index (χ1v) is 7.53. The molecule has 3 heterocycles. The van der Waals surface area contributed by atoms with Crippen LogP contribution in [0.15, 0.2) is 51.2 Å². The summed E-state index contributed by atoms with van der Waals surface area (Å²) < 4.78 is 33.1. The number of rotatable bonds is 2. The van der Waals surface area contributed by atoms with Gasteiger partial charge in [-0.15, -0.1) is 11.3 Å². The van der Waals surface area contributed by atoms with Crippen LogP contribution in [0.1, 0.15) is 0 Å². The number of aromatic amines is 1. The molecular formula is C16H8F2N2O2S. The Kier molecular flexibility index (Phi) is 3.09. The second-order valence-corrected chi connectivity index (χ2v) is 5.68. The number of aromatic nitrogens is 2. The molecule has 0 aliphatic heterocycles. The molecule has 114 valence electrons. The molecular weight excluding hydrogens is 322 g/mol. The number of fused-ring (bicyclic) bond motifs is 1. The van der Waals surface area contributed by atoms with Crippen molar-refractivity contribution >= 4 is 21.6 Å². The third kappa shape index (κ3) is 2.17. The van der Waals surface area contributed by atoms with Crippen molar-refractivity contribution in [2.75, 3.05) is 0 Å². The molecule has 0 atom stereocenters. The molecule has 4 nitrogen and oxygen atoms in total. The number of nitrogens with zero attached hydrogens (tertiary/aromatic N) is 1. The van der Waals surface area contributed by atoms with E-state index in [1.165, 1.54) is 23.7 Å². The number of benzene rings is 1. The molecule has 3 aromatic heterocycles. The van der Waals surface area contributed by atoms with Crippen molar-refractivity contribution in [3.8, 4) is 22.7 Å². The Morgan fingerprint density at radius 3 is 2.61 bits per heavy atom. The maximum absolute atomic E-state index is 13.9. The number of H-pyrrole nitrogens is 1. The van der Waals surface area contributed by atoms with Crippen LogP contribution < -0.4 is 5.56 Å². The lowest BCUT2D eigenvalue weighted by molar-refractivity contribution is 0.583. The molecule has 4 rings (SSSR count). The highest BCUT2D eigenvalue weighted by Crippen LogP contribution is 2.32. The highest BCUT2D eigenvalue weighted by molar-refractivity contribution is 7.17. The summed E-state index contributed by atoms with van der Waals surface area (Å²) in [6.07, 6.45) is 1.50. The molecule has 0 radical (unpaired) electrons. The average Bonchev–Trinajstić information content (AvgIpc) is 3.15. The zero-order valence-electron chi connectivity index (χ0n) is 11.5. The van der Waals surface area contributed by atoms with Crippen LogP contribution in [-0.2, 0) is 0 Å². The minimum absolute atomic E-state index is 0.133. The van der Waals surface area contributed by atoms with E-state index in [4.69, 9.17) is 4.42 Å². The summed E-state index contributed by atoms with van der Waals surface area (Å²) >= 11 is 1.21. The Morgan fingerprint density at radius 2 is 1.91 bits per heavy atom. The van der Waals surface area contributed by atoms with Gasteiger partial charge in [-0.25, -0.2) is 13.8 Å². The molecule has 4 aromatic rings. The Bertz CT molecular complexity index is 1050. The van der Waals surface area contributed by atoms with E-state index in [1.54, 1.807) is 17.5 Å². The third-order valence-electron chi connectivity index (χ3n) is 3.43. The number of thiophene rings is 1. The van der Waals surface area contributed by atoms with Gasteiger partial charge in [0.05, 0.1) is 17.2 Å². The Morgan fingerprint density at radius 1 is 1.13 bits per heavy atom. The summed E-state index contributed by atoms with van der Waals surface area (Å²) in [5.41, 5.74) is -0.218. The lowest BCUT2D eigenvalue weighted by Crippen LogP contribution is -2.10. The van der Waals surface area contributed by atoms with E-state index in [0.29, 0.717) is 21.5 Å². The van der Waals surface area contributed by atoms with Gasteiger partial charge in [-0.05, 0) is 24.3 Å². The average molecular weight is 330 g/mol. The fraction of sp³-hybridized carbons (Fsp3) is 0. The van der Waals surface area contributed by atoms with Gasteiger partial charge in [0.15, 0.2) is 0 Å². The molecule has 0 saturated carbocycles. The van der Waals surface area contributed by atoms with Crippen LogP contribution in [0.5, 0.6) is 0 Å². The summed E-state index contributed by atoms with van der Waals surface area (Å²) in [5, 5.41) is 2.07. The molecule has 0 saturated heterocycles. The molecule has 1 aromatic carbocycles. The maximum atomic E-state index is 13.9. The van der Waals surface area contributed by atoms with Gasteiger partial charge in [-0.3, -0.25) is 4.79 Å². The lowest BCUT2D eigenvalue weighted by Gasteiger charge is -2.04. The van der Waals surface area contributed by atoms with Gasteiger partial charge < -0.3 is 9.40 Å². The molecule has 0 aliphatic carbocycles. The van der Waals surface area contributed by atoms with E-state index in [2.05, 4.69) is 9.97 Å². The minimum Gasteiger partial charge on any atom is -0.464 e. The van der Waals surface area contributed by atoms with E-state index >= 15 is 0 Å². The quantitative estimate of drug-likeness (QED) is 0.599. The fourth-order valence-corrected chi connectivity index (χ4v) is 3.33. The molecule has 7 heteroatoms. The predicted octanol–water partition coefficient (Wildman–Crippen LogP) is 4.19. The Hall–Kier alpha value is -2.80. The first-order chi connectivity index (χ1) is 11.1. The predicted molar refractivity (Wildman–Crippen MR) is 83.3 cm³/mol. The zero-order chi connectivity index (χ0) is 16.0. The van der Waals surface area contributed by atoms with Crippen molar-refractivity contribution in [2.45, 2.75) is 0 Å². The van der Waals surface area contributed by atoms with Gasteiger partial charge in [0.1, 0.15) is 28.0 Å². The molecule has 0 unspecified atom stereocenters. The van der Waals surface area contributed by atoms with Crippen molar-refractivity contribution in [2.24, 2.45) is 0 Å². The Labute approximate surface area is 132 Å². The Balaban J connectivity index is 1.98. The van der Waals surface area contributed by atoms with E-state index in [-0.39, 0.29) is 11.4 Å². The molecule has 0 fully saturated rings. The maximum Gasteiger partial charge on any atom is 0.260 e. The molecule has 0 bridgehead atoms. The van der Waals surface area contributed by atoms with Crippen molar-refractivity contribution in [3.05, 3.63) is 64.0 Å². The van der Waals surface area contributed by atoms with Gasteiger partial charge in [0.2, 0.25) is 0 Å². The standard InChI is InChI=1S/C16H8F2N2O2S/c17-9-3-1-4-10(18)13(9)14-19-15(21)12-8(7-23-16(12)20-14)11-5-2-6-22-11/h1-7H,(H,19,20,21).